The van der Waals surface area contributed by atoms with Gasteiger partial charge in [0.1, 0.15) is 23.2 Å². The number of hydroxylamine groups is 2. The number of halogens is 1. The average molecular weight is 463 g/mol. The number of nitrogens with zero attached hydrogens (tertiary/aromatic N) is 4. The highest BCUT2D eigenvalue weighted by molar-refractivity contribution is 6.03. The molecule has 176 valence electrons. The van der Waals surface area contributed by atoms with Gasteiger partial charge >= 0.3 is 0 Å². The smallest absolute Gasteiger partial charge is 0.152 e. The van der Waals surface area contributed by atoms with E-state index in [2.05, 4.69) is 16.1 Å². The molecule has 1 fully saturated rings. The summed E-state index contributed by atoms with van der Waals surface area (Å²) in [4.78, 5) is 15.0. The lowest BCUT2D eigenvalue weighted by molar-refractivity contribution is -0.205. The van der Waals surface area contributed by atoms with Gasteiger partial charge in [0.05, 0.1) is 38.0 Å². The number of fused-ring (bicyclic) bond motifs is 1. The van der Waals surface area contributed by atoms with Gasteiger partial charge in [0.15, 0.2) is 5.84 Å². The number of ether oxygens (including phenoxy) is 1. The van der Waals surface area contributed by atoms with Crippen molar-refractivity contribution in [2.24, 2.45) is 4.99 Å². The predicted octanol–water partition coefficient (Wildman–Crippen LogP) is 4.04. The van der Waals surface area contributed by atoms with Crippen LogP contribution in [-0.2, 0) is 10.4 Å². The second-order valence-corrected chi connectivity index (χ2v) is 8.74. The standard InChI is InChI=1S/C26H27FN4O3/c1-17-15-30(16-29-17)22-9-4-18(13-23(22)33-3)12-19-10-11-34-31-25(19)28-14-24(32)26(31,2)20-5-7-21(27)8-6-20/h4-9,12-13,15-16,24,32H,10-11,14H2,1-3H3/b19-12-. The summed E-state index contributed by atoms with van der Waals surface area (Å²) < 4.78 is 21.1. The number of rotatable bonds is 4. The maximum atomic E-state index is 13.6. The average Bonchev–Trinajstić information content (AvgIpc) is 3.28. The van der Waals surface area contributed by atoms with Crippen LogP contribution in [0.3, 0.4) is 0 Å². The number of aryl methyl sites for hydroxylation is 1. The van der Waals surface area contributed by atoms with Crippen molar-refractivity contribution in [2.45, 2.75) is 31.9 Å². The van der Waals surface area contributed by atoms with Crippen molar-refractivity contribution in [3.63, 3.8) is 0 Å². The molecule has 2 aromatic carbocycles. The molecule has 5 rings (SSSR count). The molecule has 1 saturated heterocycles. The molecule has 0 spiro atoms. The summed E-state index contributed by atoms with van der Waals surface area (Å²) in [5.74, 6) is 1.08. The minimum atomic E-state index is -0.898. The van der Waals surface area contributed by atoms with E-state index in [0.717, 1.165) is 33.8 Å². The Morgan fingerprint density at radius 3 is 2.74 bits per heavy atom. The zero-order chi connectivity index (χ0) is 23.9. The summed E-state index contributed by atoms with van der Waals surface area (Å²) in [6.45, 7) is 4.51. The Morgan fingerprint density at radius 1 is 1.24 bits per heavy atom. The van der Waals surface area contributed by atoms with Gasteiger partial charge < -0.3 is 14.4 Å². The van der Waals surface area contributed by atoms with Gasteiger partial charge in [-0.3, -0.25) is 9.83 Å². The Kier molecular flexibility index (Phi) is 5.71. The second kappa shape index (κ2) is 8.70. The maximum Gasteiger partial charge on any atom is 0.152 e. The van der Waals surface area contributed by atoms with E-state index in [4.69, 9.17) is 9.57 Å². The fraction of sp³-hybridized carbons (Fsp3) is 0.308. The monoisotopic (exact) mass is 462 g/mol. The van der Waals surface area contributed by atoms with Gasteiger partial charge in [-0.25, -0.2) is 14.4 Å². The molecule has 8 heteroatoms. The number of aliphatic hydroxyl groups is 1. The van der Waals surface area contributed by atoms with E-state index in [0.29, 0.717) is 18.9 Å². The number of methoxy groups -OCH3 is 1. The first-order valence-electron chi connectivity index (χ1n) is 11.2. The molecule has 1 N–H and O–H groups in total. The van der Waals surface area contributed by atoms with Crippen molar-refractivity contribution >= 4 is 11.9 Å². The largest absolute Gasteiger partial charge is 0.495 e. The lowest BCUT2D eigenvalue weighted by Gasteiger charge is -2.49. The number of imidazole rings is 1. The van der Waals surface area contributed by atoms with Crippen LogP contribution in [0.15, 0.2) is 65.6 Å². The van der Waals surface area contributed by atoms with Crippen LogP contribution in [0.25, 0.3) is 11.8 Å². The molecule has 2 unspecified atom stereocenters. The number of aromatic nitrogens is 2. The van der Waals surface area contributed by atoms with E-state index >= 15 is 0 Å². The van der Waals surface area contributed by atoms with E-state index < -0.39 is 11.6 Å². The molecule has 0 amide bonds. The van der Waals surface area contributed by atoms with Gasteiger partial charge in [-0.1, -0.05) is 18.2 Å². The lowest BCUT2D eigenvalue weighted by atomic mass is 9.83. The summed E-state index contributed by atoms with van der Waals surface area (Å²) in [5, 5.41) is 12.6. The van der Waals surface area contributed by atoms with Crippen LogP contribution in [0.2, 0.25) is 0 Å². The number of hydrogen-bond donors (Lipinski definition) is 1. The van der Waals surface area contributed by atoms with Crippen molar-refractivity contribution < 1.29 is 19.1 Å². The van der Waals surface area contributed by atoms with Crippen LogP contribution in [0.5, 0.6) is 5.75 Å². The summed E-state index contributed by atoms with van der Waals surface area (Å²) in [7, 11) is 1.65. The normalized spacial score (nSPS) is 23.6. The highest BCUT2D eigenvalue weighted by Crippen LogP contribution is 2.39. The molecule has 1 aromatic heterocycles. The summed E-state index contributed by atoms with van der Waals surface area (Å²) in [6.07, 6.45) is 5.65. The Morgan fingerprint density at radius 2 is 2.03 bits per heavy atom. The van der Waals surface area contributed by atoms with Crippen LogP contribution in [-0.4, -0.2) is 51.9 Å². The number of amidine groups is 1. The van der Waals surface area contributed by atoms with Crippen LogP contribution in [0.4, 0.5) is 4.39 Å². The Labute approximate surface area is 197 Å². The van der Waals surface area contributed by atoms with Crippen molar-refractivity contribution in [3.05, 3.63) is 83.2 Å². The fourth-order valence-electron chi connectivity index (χ4n) is 4.54. The predicted molar refractivity (Wildman–Crippen MR) is 127 cm³/mol. The number of aliphatic hydroxyl groups excluding tert-OH is 1. The molecule has 0 bridgehead atoms. The van der Waals surface area contributed by atoms with Crippen molar-refractivity contribution in [3.8, 4) is 11.4 Å². The molecule has 0 radical (unpaired) electrons. The van der Waals surface area contributed by atoms with E-state index in [1.807, 2.05) is 42.8 Å². The number of benzene rings is 2. The van der Waals surface area contributed by atoms with Gasteiger partial charge in [0.2, 0.25) is 0 Å². The zero-order valence-corrected chi connectivity index (χ0v) is 19.4. The number of hydrogen-bond acceptors (Lipinski definition) is 6. The van der Waals surface area contributed by atoms with E-state index in [-0.39, 0.29) is 12.4 Å². The van der Waals surface area contributed by atoms with Crippen LogP contribution in [0.1, 0.15) is 30.2 Å². The lowest BCUT2D eigenvalue weighted by Crippen LogP contribution is -2.60. The zero-order valence-electron chi connectivity index (χ0n) is 19.4. The van der Waals surface area contributed by atoms with Gasteiger partial charge in [0.25, 0.3) is 0 Å². The first-order valence-corrected chi connectivity index (χ1v) is 11.2. The molecule has 0 aliphatic carbocycles. The summed E-state index contributed by atoms with van der Waals surface area (Å²) in [6, 6.07) is 12.2. The molecule has 34 heavy (non-hydrogen) atoms. The fourth-order valence-corrected chi connectivity index (χ4v) is 4.54. The van der Waals surface area contributed by atoms with E-state index in [1.165, 1.54) is 12.1 Å². The number of aliphatic imine (C=N–C) groups is 1. The molecule has 2 atom stereocenters. The van der Waals surface area contributed by atoms with Crippen molar-refractivity contribution in [1.82, 2.24) is 14.6 Å². The Hall–Kier alpha value is -3.49. The quantitative estimate of drug-likeness (QED) is 0.634. The molecule has 0 saturated carbocycles. The highest BCUT2D eigenvalue weighted by atomic mass is 19.1. The van der Waals surface area contributed by atoms with Crippen molar-refractivity contribution in [1.29, 1.82) is 0 Å². The molecule has 2 aliphatic rings. The Balaban J connectivity index is 1.50. The van der Waals surface area contributed by atoms with Gasteiger partial charge in [-0.05, 0) is 60.9 Å². The molecular formula is C26H27FN4O3. The molecule has 3 heterocycles. The third-order valence-corrected chi connectivity index (χ3v) is 6.52. The molecule has 7 nitrogen and oxygen atoms in total. The topological polar surface area (TPSA) is 72.1 Å². The maximum absolute atomic E-state index is 13.6. The third kappa shape index (κ3) is 3.78. The second-order valence-electron chi connectivity index (χ2n) is 8.74. The minimum absolute atomic E-state index is 0.225. The Bertz CT molecular complexity index is 1270. The summed E-state index contributed by atoms with van der Waals surface area (Å²) >= 11 is 0. The third-order valence-electron chi connectivity index (χ3n) is 6.52. The minimum Gasteiger partial charge on any atom is -0.495 e. The van der Waals surface area contributed by atoms with Crippen LogP contribution >= 0.6 is 0 Å². The summed E-state index contributed by atoms with van der Waals surface area (Å²) in [5.41, 5.74) is 3.66. The van der Waals surface area contributed by atoms with Gasteiger partial charge in [0, 0.05) is 12.6 Å². The SMILES string of the molecule is COc1cc(/C=C2/CCON3C2=NCC(O)C3(C)c2ccc(F)cc2)ccc1-n1cnc(C)c1. The highest BCUT2D eigenvalue weighted by Gasteiger charge is 2.48. The van der Waals surface area contributed by atoms with E-state index in [9.17, 15) is 9.50 Å². The van der Waals surface area contributed by atoms with E-state index in [1.54, 1.807) is 30.6 Å². The van der Waals surface area contributed by atoms with Crippen LogP contribution in [0, 0.1) is 12.7 Å². The molecule has 2 aliphatic heterocycles. The van der Waals surface area contributed by atoms with Gasteiger partial charge in [-0.15, -0.1) is 0 Å². The van der Waals surface area contributed by atoms with Crippen LogP contribution < -0.4 is 4.74 Å². The first-order chi connectivity index (χ1) is 16.4. The molecule has 3 aromatic rings. The first kappa shape index (κ1) is 22.3. The van der Waals surface area contributed by atoms with Gasteiger partial charge in [-0.2, -0.15) is 0 Å². The van der Waals surface area contributed by atoms with Crippen molar-refractivity contribution in [2.75, 3.05) is 20.3 Å². The molecular weight excluding hydrogens is 435 g/mol.